The molecule has 0 rings (SSSR count). The molecule has 0 aliphatic heterocycles. The molecule has 0 aromatic heterocycles. The highest BCUT2D eigenvalue weighted by molar-refractivity contribution is 5.19. The van der Waals surface area contributed by atoms with Crippen LogP contribution in [0, 0.1) is 0 Å². The third-order valence-corrected chi connectivity index (χ3v) is 1.52. The number of rotatable bonds is 5. The summed E-state index contributed by atoms with van der Waals surface area (Å²) in [5.74, 6) is 0. The van der Waals surface area contributed by atoms with E-state index in [2.05, 4.69) is 44.3 Å². The van der Waals surface area contributed by atoms with E-state index >= 15 is 0 Å². The van der Waals surface area contributed by atoms with Crippen LogP contribution in [-0.4, -0.2) is 13.1 Å². The molecule has 11 heavy (non-hydrogen) atoms. The van der Waals surface area contributed by atoms with Gasteiger partial charge < -0.3 is 5.32 Å². The van der Waals surface area contributed by atoms with E-state index in [1.54, 1.807) is 0 Å². The van der Waals surface area contributed by atoms with E-state index in [1.165, 1.54) is 5.57 Å². The molecule has 0 aromatic carbocycles. The molecule has 1 nitrogen and oxygen atoms in total. The summed E-state index contributed by atoms with van der Waals surface area (Å²) in [4.78, 5) is 0. The van der Waals surface area contributed by atoms with E-state index in [-0.39, 0.29) is 0 Å². The van der Waals surface area contributed by atoms with Crippen molar-refractivity contribution in [3.8, 4) is 0 Å². The molecule has 0 heterocycles. The van der Waals surface area contributed by atoms with Crippen molar-refractivity contribution >= 4 is 0 Å². The zero-order valence-electron chi connectivity index (χ0n) is 7.85. The fourth-order valence-corrected chi connectivity index (χ4v) is 0.796. The number of hydrogen-bond donors (Lipinski definition) is 1. The van der Waals surface area contributed by atoms with Crippen molar-refractivity contribution in [2.24, 2.45) is 0 Å². The van der Waals surface area contributed by atoms with Crippen molar-refractivity contribution in [3.63, 3.8) is 0 Å². The maximum absolute atomic E-state index is 3.29. The minimum Gasteiger partial charge on any atom is -0.313 e. The van der Waals surface area contributed by atoms with Crippen molar-refractivity contribution in [2.45, 2.75) is 27.2 Å². The average molecular weight is 153 g/mol. The molecule has 0 bridgehead atoms. The Hall–Kier alpha value is -0.560. The highest BCUT2D eigenvalue weighted by Crippen LogP contribution is 1.95. The molecule has 0 saturated heterocycles. The Morgan fingerprint density at radius 1 is 1.36 bits per heavy atom. The first kappa shape index (κ1) is 10.4. The van der Waals surface area contributed by atoms with E-state index in [0.29, 0.717) is 0 Å². The monoisotopic (exact) mass is 153 g/mol. The first-order valence-electron chi connectivity index (χ1n) is 4.37. The second-order valence-corrected chi connectivity index (χ2v) is 2.45. The van der Waals surface area contributed by atoms with E-state index in [1.807, 2.05) is 0 Å². The van der Waals surface area contributed by atoms with Crippen LogP contribution in [0.1, 0.15) is 27.2 Å². The van der Waals surface area contributed by atoms with Crippen molar-refractivity contribution in [3.05, 3.63) is 23.8 Å². The predicted molar refractivity (Wildman–Crippen MR) is 51.7 cm³/mol. The van der Waals surface area contributed by atoms with Crippen molar-refractivity contribution in [1.29, 1.82) is 0 Å². The summed E-state index contributed by atoms with van der Waals surface area (Å²) in [6.45, 7) is 8.38. The molecule has 0 radical (unpaired) electrons. The fraction of sp³-hybridized carbons (Fsp3) is 0.600. The van der Waals surface area contributed by atoms with Crippen LogP contribution in [-0.2, 0) is 0 Å². The van der Waals surface area contributed by atoms with Gasteiger partial charge in [-0.15, -0.1) is 0 Å². The van der Waals surface area contributed by atoms with E-state index < -0.39 is 0 Å². The van der Waals surface area contributed by atoms with Gasteiger partial charge in [0.2, 0.25) is 0 Å². The number of hydrogen-bond acceptors (Lipinski definition) is 1. The quantitative estimate of drug-likeness (QED) is 0.598. The number of allylic oxidation sites excluding steroid dienone is 2. The second-order valence-electron chi connectivity index (χ2n) is 2.45. The van der Waals surface area contributed by atoms with Gasteiger partial charge in [-0.1, -0.05) is 32.1 Å². The normalized spacial score (nSPS) is 12.8. The van der Waals surface area contributed by atoms with E-state index in [0.717, 1.165) is 19.5 Å². The molecule has 1 heteroatoms. The third-order valence-electron chi connectivity index (χ3n) is 1.52. The van der Waals surface area contributed by atoms with Crippen LogP contribution >= 0.6 is 0 Å². The maximum Gasteiger partial charge on any atom is 0.0201 e. The lowest BCUT2D eigenvalue weighted by molar-refractivity contribution is 0.784. The predicted octanol–water partition coefficient (Wildman–Crippen LogP) is 2.51. The Morgan fingerprint density at radius 3 is 2.55 bits per heavy atom. The molecular weight excluding hydrogens is 134 g/mol. The molecule has 64 valence electrons. The number of likely N-dealkylation sites (N-methyl/N-ethyl adjacent to an activating group) is 1. The summed E-state index contributed by atoms with van der Waals surface area (Å²) >= 11 is 0. The Kier molecular flexibility index (Phi) is 7.16. The Morgan fingerprint density at radius 2 is 2.09 bits per heavy atom. The van der Waals surface area contributed by atoms with Crippen LogP contribution in [0.3, 0.4) is 0 Å². The van der Waals surface area contributed by atoms with Crippen LogP contribution < -0.4 is 5.32 Å². The van der Waals surface area contributed by atoms with Gasteiger partial charge in [0.25, 0.3) is 0 Å². The highest BCUT2D eigenvalue weighted by Gasteiger charge is 1.86. The van der Waals surface area contributed by atoms with Crippen LogP contribution in [0.2, 0.25) is 0 Å². The molecule has 0 fully saturated rings. The molecule has 0 saturated carbocycles. The first-order valence-corrected chi connectivity index (χ1v) is 4.37. The topological polar surface area (TPSA) is 12.0 Å². The van der Waals surface area contributed by atoms with Crippen molar-refractivity contribution in [1.82, 2.24) is 5.32 Å². The third kappa shape index (κ3) is 5.86. The second kappa shape index (κ2) is 7.55. The first-order chi connectivity index (χ1) is 5.35. The van der Waals surface area contributed by atoms with Gasteiger partial charge in [0.05, 0.1) is 0 Å². The Balaban J connectivity index is 3.68. The molecule has 0 unspecified atom stereocenters. The van der Waals surface area contributed by atoms with Gasteiger partial charge in [-0.2, -0.15) is 0 Å². The molecule has 0 atom stereocenters. The van der Waals surface area contributed by atoms with Gasteiger partial charge in [0.15, 0.2) is 0 Å². The zero-order valence-corrected chi connectivity index (χ0v) is 7.85. The van der Waals surface area contributed by atoms with Crippen LogP contribution in [0.4, 0.5) is 0 Å². The highest BCUT2D eigenvalue weighted by atomic mass is 14.8. The van der Waals surface area contributed by atoms with Crippen molar-refractivity contribution < 1.29 is 0 Å². The molecule has 1 N–H and O–H groups in total. The summed E-state index contributed by atoms with van der Waals surface area (Å²) in [5.41, 5.74) is 1.37. The summed E-state index contributed by atoms with van der Waals surface area (Å²) in [5, 5.41) is 3.29. The molecule has 0 spiro atoms. The number of nitrogens with one attached hydrogen (secondary N) is 1. The van der Waals surface area contributed by atoms with Crippen LogP contribution in [0.25, 0.3) is 0 Å². The standard InChI is InChI=1S/C10H19N/c1-4-7-8-10(5-2)9-11-6-3/h5,7-8,11H,4,6,9H2,1-3H3/b8-7-,10-5+. The minimum atomic E-state index is 0.990. The van der Waals surface area contributed by atoms with Gasteiger partial charge in [-0.05, 0) is 25.5 Å². The molecule has 0 aromatic rings. The average Bonchev–Trinajstić information content (AvgIpc) is 2.05. The lowest BCUT2D eigenvalue weighted by atomic mass is 10.2. The molecular formula is C10H19N. The van der Waals surface area contributed by atoms with E-state index in [9.17, 15) is 0 Å². The fourth-order valence-electron chi connectivity index (χ4n) is 0.796. The largest absolute Gasteiger partial charge is 0.313 e. The van der Waals surface area contributed by atoms with Crippen molar-refractivity contribution in [2.75, 3.05) is 13.1 Å². The lowest BCUT2D eigenvalue weighted by Crippen LogP contribution is -2.15. The van der Waals surface area contributed by atoms with Gasteiger partial charge >= 0.3 is 0 Å². The van der Waals surface area contributed by atoms with Crippen LogP contribution in [0.15, 0.2) is 23.8 Å². The summed E-state index contributed by atoms with van der Waals surface area (Å²) < 4.78 is 0. The zero-order chi connectivity index (χ0) is 8.53. The summed E-state index contributed by atoms with van der Waals surface area (Å²) in [7, 11) is 0. The molecule has 0 aliphatic rings. The molecule has 0 aliphatic carbocycles. The van der Waals surface area contributed by atoms with Crippen LogP contribution in [0.5, 0.6) is 0 Å². The lowest BCUT2D eigenvalue weighted by Gasteiger charge is -2.00. The Labute approximate surface area is 70.2 Å². The van der Waals surface area contributed by atoms with Gasteiger partial charge in [0, 0.05) is 6.54 Å². The SMILES string of the molecule is C/C=C(\C=C/CC)CNCC. The molecule has 0 amide bonds. The van der Waals surface area contributed by atoms with Gasteiger partial charge in [-0.3, -0.25) is 0 Å². The van der Waals surface area contributed by atoms with E-state index in [4.69, 9.17) is 0 Å². The smallest absolute Gasteiger partial charge is 0.0201 e. The van der Waals surface area contributed by atoms with Gasteiger partial charge in [0.1, 0.15) is 0 Å². The summed E-state index contributed by atoms with van der Waals surface area (Å²) in [6, 6.07) is 0. The van der Waals surface area contributed by atoms with Gasteiger partial charge in [-0.25, -0.2) is 0 Å². The Bertz CT molecular complexity index is 134. The minimum absolute atomic E-state index is 0.990. The summed E-state index contributed by atoms with van der Waals surface area (Å²) in [6.07, 6.45) is 7.63. The maximum atomic E-state index is 3.29.